The molecule has 4 rings (SSSR count). The van der Waals surface area contributed by atoms with E-state index >= 15 is 0 Å². The van der Waals surface area contributed by atoms with E-state index in [2.05, 4.69) is 10.1 Å². The molecule has 37 heavy (non-hydrogen) atoms. The zero-order valence-electron chi connectivity index (χ0n) is 19.6. The van der Waals surface area contributed by atoms with Crippen LogP contribution >= 0.6 is 0 Å². The topological polar surface area (TPSA) is 92.3 Å². The van der Waals surface area contributed by atoms with Crippen LogP contribution in [0.15, 0.2) is 30.3 Å². The number of hydrogen-bond acceptors (Lipinski definition) is 7. The fourth-order valence-corrected chi connectivity index (χ4v) is 4.05. The highest BCUT2D eigenvalue weighted by molar-refractivity contribution is 5.73. The van der Waals surface area contributed by atoms with Gasteiger partial charge in [-0.05, 0) is 19.4 Å². The van der Waals surface area contributed by atoms with Crippen molar-refractivity contribution in [2.24, 2.45) is 0 Å². The van der Waals surface area contributed by atoms with Crippen LogP contribution in [-0.4, -0.2) is 48.8 Å². The van der Waals surface area contributed by atoms with Gasteiger partial charge < -0.3 is 29.0 Å². The Labute approximate surface area is 207 Å². The number of carbonyl (C=O) groups excluding carboxylic acids is 2. The Morgan fingerprint density at radius 2 is 1.46 bits per heavy atom. The highest BCUT2D eigenvalue weighted by Crippen LogP contribution is 2.40. The summed E-state index contributed by atoms with van der Waals surface area (Å²) in [7, 11) is 0. The average Bonchev–Trinajstić information content (AvgIpc) is 3.35. The van der Waals surface area contributed by atoms with Crippen molar-refractivity contribution in [3.8, 4) is 5.75 Å². The van der Waals surface area contributed by atoms with E-state index in [1.807, 2.05) is 6.07 Å². The van der Waals surface area contributed by atoms with E-state index in [1.165, 1.54) is 0 Å². The van der Waals surface area contributed by atoms with Crippen LogP contribution < -0.4 is 10.1 Å². The first-order valence-electron chi connectivity index (χ1n) is 11.1. The highest BCUT2D eigenvalue weighted by atomic mass is 19.2. The maximum absolute atomic E-state index is 13.9. The summed E-state index contributed by atoms with van der Waals surface area (Å²) in [5.74, 6) is -15.6. The molecule has 200 valence electrons. The van der Waals surface area contributed by atoms with Crippen molar-refractivity contribution in [2.75, 3.05) is 6.54 Å². The molecule has 4 atom stereocenters. The Hall–Kier alpha value is -3.29. The number of halogens is 5. The number of carbonyl (C=O) groups is 2. The van der Waals surface area contributed by atoms with Gasteiger partial charge in [-0.25, -0.2) is 18.0 Å². The fraction of sp³-hybridized carbons (Fsp3) is 0.417. The maximum atomic E-state index is 13.9. The Morgan fingerprint density at radius 3 is 2.08 bits per heavy atom. The largest absolute Gasteiger partial charge is 0.445 e. The third kappa shape index (κ3) is 5.84. The molecular weight excluding hydrogens is 509 g/mol. The Balaban J connectivity index is 1.38. The van der Waals surface area contributed by atoms with Gasteiger partial charge in [0.05, 0.1) is 12.5 Å². The molecule has 2 saturated heterocycles. The average molecular weight is 531 g/mol. The van der Waals surface area contributed by atoms with E-state index in [4.69, 9.17) is 18.9 Å². The summed E-state index contributed by atoms with van der Waals surface area (Å²) in [6.45, 7) is 3.14. The van der Waals surface area contributed by atoms with Gasteiger partial charge in [-0.3, -0.25) is 4.79 Å². The minimum Gasteiger partial charge on any atom is -0.445 e. The van der Waals surface area contributed by atoms with Crippen molar-refractivity contribution in [1.29, 1.82) is 0 Å². The van der Waals surface area contributed by atoms with Crippen molar-refractivity contribution in [3.63, 3.8) is 0 Å². The summed E-state index contributed by atoms with van der Waals surface area (Å²) in [4.78, 5) is 24.5. The van der Waals surface area contributed by atoms with Gasteiger partial charge in [0, 0.05) is 6.54 Å². The second-order valence-electron chi connectivity index (χ2n) is 8.80. The zero-order valence-corrected chi connectivity index (χ0v) is 19.6. The predicted molar refractivity (Wildman–Crippen MR) is 114 cm³/mol. The lowest BCUT2D eigenvalue weighted by Crippen LogP contribution is -2.40. The lowest BCUT2D eigenvalue weighted by Gasteiger charge is -2.24. The molecule has 2 aromatic rings. The van der Waals surface area contributed by atoms with Gasteiger partial charge in [0.25, 0.3) is 0 Å². The Morgan fingerprint density at radius 1 is 0.892 bits per heavy atom. The summed E-state index contributed by atoms with van der Waals surface area (Å²) in [6.07, 6.45) is -4.91. The standard InChI is InChI=1S/C24H22F5NO7/c1-24(2)36-20-12(8-14(31)35-22-18(28)16(26)15(25)17(27)19(22)29)34-13(21(20)37-24)9-30-23(32)33-10-11-6-4-3-5-7-11/h3-7,12-13,20-21H,8-10H2,1-2H3,(H,30,32)/t12-,13+,20?,21?/m0/s1. The van der Waals surface area contributed by atoms with Crippen LogP contribution in [0.5, 0.6) is 5.75 Å². The van der Waals surface area contributed by atoms with Crippen molar-refractivity contribution in [1.82, 2.24) is 5.32 Å². The SMILES string of the molecule is CC1(C)OC2C(O1)[C@@H](CNC(=O)OCc1ccccc1)O[C@H]2CC(=O)Oc1c(F)c(F)c(F)c(F)c1F. The molecular formula is C24H22F5NO7. The van der Waals surface area contributed by atoms with Crippen LogP contribution in [0.1, 0.15) is 25.8 Å². The monoisotopic (exact) mass is 531 g/mol. The number of esters is 1. The molecule has 1 N–H and O–H groups in total. The van der Waals surface area contributed by atoms with Crippen molar-refractivity contribution in [3.05, 3.63) is 65.0 Å². The van der Waals surface area contributed by atoms with Crippen molar-refractivity contribution in [2.45, 2.75) is 57.1 Å². The molecule has 2 aromatic carbocycles. The minimum absolute atomic E-state index is 0.0308. The van der Waals surface area contributed by atoms with Crippen LogP contribution in [0.4, 0.5) is 26.7 Å². The number of amides is 1. The van der Waals surface area contributed by atoms with Gasteiger partial charge in [0.1, 0.15) is 24.9 Å². The quantitative estimate of drug-likeness (QED) is 0.191. The minimum atomic E-state index is -2.38. The van der Waals surface area contributed by atoms with Gasteiger partial charge in [0.2, 0.25) is 34.8 Å². The van der Waals surface area contributed by atoms with E-state index in [0.29, 0.717) is 0 Å². The van der Waals surface area contributed by atoms with E-state index in [0.717, 1.165) is 5.56 Å². The third-order valence-electron chi connectivity index (χ3n) is 5.66. The van der Waals surface area contributed by atoms with Gasteiger partial charge in [0.15, 0.2) is 5.79 Å². The second-order valence-corrected chi connectivity index (χ2v) is 8.80. The van der Waals surface area contributed by atoms with E-state index in [1.54, 1.807) is 38.1 Å². The molecule has 2 aliphatic heterocycles. The van der Waals surface area contributed by atoms with Gasteiger partial charge in [-0.1, -0.05) is 30.3 Å². The van der Waals surface area contributed by atoms with Crippen LogP contribution in [-0.2, 0) is 30.3 Å². The first-order chi connectivity index (χ1) is 17.5. The van der Waals surface area contributed by atoms with Gasteiger partial charge in [-0.15, -0.1) is 0 Å². The lowest BCUT2D eigenvalue weighted by molar-refractivity contribution is -0.188. The van der Waals surface area contributed by atoms with Gasteiger partial charge >= 0.3 is 12.1 Å². The molecule has 0 aromatic heterocycles. The second kappa shape index (κ2) is 10.6. The molecule has 2 unspecified atom stereocenters. The molecule has 13 heteroatoms. The predicted octanol–water partition coefficient (Wildman–Crippen LogP) is 3.89. The molecule has 0 aliphatic carbocycles. The number of fused-ring (bicyclic) bond motifs is 1. The van der Waals surface area contributed by atoms with Crippen LogP contribution in [0.25, 0.3) is 0 Å². The summed E-state index contributed by atoms with van der Waals surface area (Å²) < 4.78 is 94.7. The molecule has 0 spiro atoms. The number of benzene rings is 2. The van der Waals surface area contributed by atoms with Crippen LogP contribution in [0.3, 0.4) is 0 Å². The third-order valence-corrected chi connectivity index (χ3v) is 5.66. The normalized spacial score (nSPS) is 24.0. The van der Waals surface area contributed by atoms with Gasteiger partial charge in [-0.2, -0.15) is 8.78 Å². The lowest BCUT2D eigenvalue weighted by atomic mass is 10.1. The van der Waals surface area contributed by atoms with Crippen LogP contribution in [0.2, 0.25) is 0 Å². The number of ether oxygens (including phenoxy) is 5. The van der Waals surface area contributed by atoms with E-state index in [-0.39, 0.29) is 13.2 Å². The van der Waals surface area contributed by atoms with E-state index < -0.39 is 83.5 Å². The summed E-state index contributed by atoms with van der Waals surface area (Å²) in [5, 5.41) is 2.53. The molecule has 0 bridgehead atoms. The number of nitrogens with one attached hydrogen (secondary N) is 1. The summed E-state index contributed by atoms with van der Waals surface area (Å²) in [5.41, 5.74) is 0.775. The molecule has 0 saturated carbocycles. The van der Waals surface area contributed by atoms with E-state index in [9.17, 15) is 31.5 Å². The number of hydrogen-bond donors (Lipinski definition) is 1. The molecule has 2 fully saturated rings. The first-order valence-corrected chi connectivity index (χ1v) is 11.1. The summed E-state index contributed by atoms with van der Waals surface area (Å²) >= 11 is 0. The maximum Gasteiger partial charge on any atom is 0.407 e. The smallest absolute Gasteiger partial charge is 0.407 e. The fourth-order valence-electron chi connectivity index (χ4n) is 4.05. The zero-order chi connectivity index (χ0) is 26.9. The molecule has 0 radical (unpaired) electrons. The molecule has 2 heterocycles. The number of alkyl carbamates (subject to hydrolysis) is 1. The Bertz CT molecular complexity index is 1150. The molecule has 1 amide bonds. The summed E-state index contributed by atoms with van der Waals surface area (Å²) in [6, 6.07) is 8.95. The first kappa shape index (κ1) is 26.8. The Kier molecular flexibility index (Phi) is 7.67. The number of rotatable bonds is 7. The van der Waals surface area contributed by atoms with Crippen molar-refractivity contribution < 1.29 is 55.2 Å². The molecule has 2 aliphatic rings. The van der Waals surface area contributed by atoms with Crippen LogP contribution in [0, 0.1) is 29.1 Å². The highest BCUT2D eigenvalue weighted by Gasteiger charge is 2.55. The van der Waals surface area contributed by atoms with Crippen molar-refractivity contribution >= 4 is 12.1 Å². The molecule has 8 nitrogen and oxygen atoms in total.